The lowest BCUT2D eigenvalue weighted by Crippen LogP contribution is -2.49. The number of amides is 1. The molecule has 0 aliphatic heterocycles. The molecular weight excluding hydrogens is 200 g/mol. The zero-order valence-corrected chi connectivity index (χ0v) is 10.9. The monoisotopic (exact) mass is 222 g/mol. The average molecular weight is 222 g/mol. The van der Waals surface area contributed by atoms with Crippen LogP contribution < -0.4 is 5.32 Å². The van der Waals surface area contributed by atoms with E-state index in [-0.39, 0.29) is 17.4 Å². The van der Waals surface area contributed by atoms with Gasteiger partial charge in [0.05, 0.1) is 6.07 Å². The highest BCUT2D eigenvalue weighted by molar-refractivity contribution is 5.88. The first-order valence-corrected chi connectivity index (χ1v) is 5.95. The fourth-order valence-electron chi connectivity index (χ4n) is 2.18. The van der Waals surface area contributed by atoms with Crippen molar-refractivity contribution in [2.75, 3.05) is 0 Å². The van der Waals surface area contributed by atoms with E-state index in [1.165, 1.54) is 0 Å². The van der Waals surface area contributed by atoms with Gasteiger partial charge in [0.25, 0.3) is 0 Å². The summed E-state index contributed by atoms with van der Waals surface area (Å²) in [7, 11) is 0. The Morgan fingerprint density at radius 1 is 1.38 bits per heavy atom. The fourth-order valence-corrected chi connectivity index (χ4v) is 2.18. The molecule has 1 aliphatic rings. The third-order valence-electron chi connectivity index (χ3n) is 3.28. The van der Waals surface area contributed by atoms with Crippen LogP contribution in [0, 0.1) is 28.1 Å². The van der Waals surface area contributed by atoms with Gasteiger partial charge in [-0.2, -0.15) is 5.26 Å². The molecule has 1 rings (SSSR count). The van der Waals surface area contributed by atoms with Crippen LogP contribution in [-0.4, -0.2) is 11.9 Å². The van der Waals surface area contributed by atoms with Crippen LogP contribution in [0.5, 0.6) is 0 Å². The van der Waals surface area contributed by atoms with Crippen LogP contribution in [-0.2, 0) is 4.79 Å². The van der Waals surface area contributed by atoms with Gasteiger partial charge in [-0.3, -0.25) is 4.79 Å². The molecule has 0 aromatic rings. The summed E-state index contributed by atoms with van der Waals surface area (Å²) in [6, 6.07) is 2.25. The standard InChI is InChI=1S/C13H22N2O/c1-9(2)10(12(3,4)5)15-11(16)13(8-14)6-7-13/h9-10H,6-7H2,1-5H3,(H,15,16)/t10-/m0/s1. The molecule has 1 amide bonds. The van der Waals surface area contributed by atoms with Crippen molar-refractivity contribution in [2.45, 2.75) is 53.5 Å². The summed E-state index contributed by atoms with van der Waals surface area (Å²) in [4.78, 5) is 12.0. The van der Waals surface area contributed by atoms with Crippen molar-refractivity contribution < 1.29 is 4.79 Å². The quantitative estimate of drug-likeness (QED) is 0.797. The maximum absolute atomic E-state index is 12.0. The van der Waals surface area contributed by atoms with Gasteiger partial charge < -0.3 is 5.32 Å². The minimum absolute atomic E-state index is 0.0232. The lowest BCUT2D eigenvalue weighted by molar-refractivity contribution is -0.126. The van der Waals surface area contributed by atoms with Crippen LogP contribution in [0.3, 0.4) is 0 Å². The summed E-state index contributed by atoms with van der Waals surface area (Å²) in [6.07, 6.45) is 1.43. The molecular formula is C13H22N2O. The first kappa shape index (κ1) is 13.0. The third kappa shape index (κ3) is 2.55. The van der Waals surface area contributed by atoms with E-state index < -0.39 is 5.41 Å². The average Bonchev–Trinajstić information content (AvgIpc) is 2.91. The summed E-state index contributed by atoms with van der Waals surface area (Å²) in [5.74, 6) is 0.294. The van der Waals surface area contributed by atoms with Crippen LogP contribution in [0.25, 0.3) is 0 Å². The number of hydrogen-bond acceptors (Lipinski definition) is 2. The van der Waals surface area contributed by atoms with Crippen molar-refractivity contribution >= 4 is 5.91 Å². The second kappa shape index (κ2) is 4.08. The molecule has 1 fully saturated rings. The Morgan fingerprint density at radius 2 is 1.88 bits per heavy atom. The van der Waals surface area contributed by atoms with E-state index in [1.807, 2.05) is 0 Å². The second-order valence-electron chi connectivity index (χ2n) is 6.26. The highest BCUT2D eigenvalue weighted by Gasteiger charge is 2.51. The number of nitriles is 1. The number of hydrogen-bond donors (Lipinski definition) is 1. The predicted molar refractivity (Wildman–Crippen MR) is 63.5 cm³/mol. The summed E-state index contributed by atoms with van der Waals surface area (Å²) in [5.41, 5.74) is -0.687. The zero-order chi connectivity index (χ0) is 12.6. The molecule has 0 heterocycles. The Labute approximate surface area is 98.2 Å². The molecule has 0 spiro atoms. The molecule has 1 saturated carbocycles. The summed E-state index contributed by atoms with van der Waals surface area (Å²) in [5, 5.41) is 12.0. The minimum atomic E-state index is -0.710. The van der Waals surface area contributed by atoms with Crippen molar-refractivity contribution in [1.29, 1.82) is 5.26 Å². The zero-order valence-electron chi connectivity index (χ0n) is 10.9. The van der Waals surface area contributed by atoms with E-state index in [9.17, 15) is 4.79 Å². The molecule has 0 aromatic heterocycles. The highest BCUT2D eigenvalue weighted by Crippen LogP contribution is 2.45. The molecule has 16 heavy (non-hydrogen) atoms. The number of nitrogens with one attached hydrogen (secondary N) is 1. The van der Waals surface area contributed by atoms with E-state index in [0.717, 1.165) is 0 Å². The topological polar surface area (TPSA) is 52.9 Å². The van der Waals surface area contributed by atoms with Crippen LogP contribution in [0.2, 0.25) is 0 Å². The van der Waals surface area contributed by atoms with Crippen molar-refractivity contribution in [1.82, 2.24) is 5.32 Å². The summed E-state index contributed by atoms with van der Waals surface area (Å²) < 4.78 is 0. The van der Waals surface area contributed by atoms with Crippen molar-refractivity contribution in [3.8, 4) is 6.07 Å². The van der Waals surface area contributed by atoms with Gasteiger partial charge in [0, 0.05) is 6.04 Å². The molecule has 0 aromatic carbocycles. The molecule has 3 heteroatoms. The van der Waals surface area contributed by atoms with Crippen molar-refractivity contribution in [3.05, 3.63) is 0 Å². The van der Waals surface area contributed by atoms with Crippen LogP contribution in [0.1, 0.15) is 47.5 Å². The lowest BCUT2D eigenvalue weighted by Gasteiger charge is -2.35. The Hall–Kier alpha value is -1.04. The van der Waals surface area contributed by atoms with Crippen LogP contribution >= 0.6 is 0 Å². The summed E-state index contributed by atoms with van der Waals surface area (Å²) >= 11 is 0. The Bertz CT molecular complexity index is 316. The maximum atomic E-state index is 12.0. The van der Waals surface area contributed by atoms with Crippen molar-refractivity contribution in [3.63, 3.8) is 0 Å². The fraction of sp³-hybridized carbons (Fsp3) is 0.846. The van der Waals surface area contributed by atoms with Gasteiger partial charge in [-0.15, -0.1) is 0 Å². The number of nitrogens with zero attached hydrogens (tertiary/aromatic N) is 1. The van der Waals surface area contributed by atoms with E-state index in [4.69, 9.17) is 5.26 Å². The van der Waals surface area contributed by atoms with Gasteiger partial charge >= 0.3 is 0 Å². The summed E-state index contributed by atoms with van der Waals surface area (Å²) in [6.45, 7) is 10.5. The molecule has 3 nitrogen and oxygen atoms in total. The Kier molecular flexibility index (Phi) is 3.33. The Morgan fingerprint density at radius 3 is 2.12 bits per heavy atom. The first-order valence-electron chi connectivity index (χ1n) is 5.95. The van der Waals surface area contributed by atoms with Crippen LogP contribution in [0.15, 0.2) is 0 Å². The van der Waals surface area contributed by atoms with Gasteiger partial charge in [0.15, 0.2) is 0 Å². The highest BCUT2D eigenvalue weighted by atomic mass is 16.2. The van der Waals surface area contributed by atoms with E-state index >= 15 is 0 Å². The van der Waals surface area contributed by atoms with Gasteiger partial charge in [-0.25, -0.2) is 0 Å². The smallest absolute Gasteiger partial charge is 0.240 e. The Balaban J connectivity index is 2.71. The number of carbonyl (C=O) groups is 1. The van der Waals surface area contributed by atoms with Crippen molar-refractivity contribution in [2.24, 2.45) is 16.7 Å². The molecule has 1 atom stereocenters. The molecule has 0 unspecified atom stereocenters. The van der Waals surface area contributed by atoms with Gasteiger partial charge in [-0.05, 0) is 24.2 Å². The first-order chi connectivity index (χ1) is 7.23. The lowest BCUT2D eigenvalue weighted by atomic mass is 9.80. The molecule has 0 radical (unpaired) electrons. The van der Waals surface area contributed by atoms with Crippen LogP contribution in [0.4, 0.5) is 0 Å². The van der Waals surface area contributed by atoms with Gasteiger partial charge in [0.1, 0.15) is 5.41 Å². The number of rotatable bonds is 3. The molecule has 0 saturated heterocycles. The molecule has 1 aliphatic carbocycles. The minimum Gasteiger partial charge on any atom is -0.351 e. The predicted octanol–water partition coefficient (Wildman–Crippen LogP) is 2.48. The second-order valence-corrected chi connectivity index (χ2v) is 6.26. The molecule has 90 valence electrons. The largest absolute Gasteiger partial charge is 0.351 e. The third-order valence-corrected chi connectivity index (χ3v) is 3.28. The molecule has 0 bridgehead atoms. The van der Waals surface area contributed by atoms with E-state index in [0.29, 0.717) is 18.8 Å². The number of carbonyl (C=O) groups excluding carboxylic acids is 1. The van der Waals surface area contributed by atoms with Gasteiger partial charge in [-0.1, -0.05) is 34.6 Å². The van der Waals surface area contributed by atoms with Gasteiger partial charge in [0.2, 0.25) is 5.91 Å². The molecule has 1 N–H and O–H groups in total. The van der Waals surface area contributed by atoms with E-state index in [1.54, 1.807) is 0 Å². The van der Waals surface area contributed by atoms with E-state index in [2.05, 4.69) is 46.0 Å². The maximum Gasteiger partial charge on any atom is 0.240 e. The SMILES string of the molecule is CC(C)[C@H](NC(=O)C1(C#N)CC1)C(C)(C)C. The normalized spacial score (nSPS) is 20.1.